The predicted molar refractivity (Wildman–Crippen MR) is 78.8 cm³/mol. The number of ether oxygens (including phenoxy) is 2. The van der Waals surface area contributed by atoms with E-state index in [1.165, 1.54) is 13.8 Å². The van der Waals surface area contributed by atoms with Crippen LogP contribution in [0.15, 0.2) is 48.5 Å². The Morgan fingerprint density at radius 2 is 1.05 bits per heavy atom. The van der Waals surface area contributed by atoms with Crippen molar-refractivity contribution in [2.45, 2.75) is 13.8 Å². The zero-order chi connectivity index (χ0) is 15.2. The van der Waals surface area contributed by atoms with Crippen LogP contribution in [-0.4, -0.2) is 11.9 Å². The molecule has 0 spiro atoms. The van der Waals surface area contributed by atoms with Gasteiger partial charge >= 0.3 is 11.9 Å². The lowest BCUT2D eigenvalue weighted by Gasteiger charge is -2.08. The Morgan fingerprint density at radius 1 is 0.714 bits per heavy atom. The number of hydrogen-bond acceptors (Lipinski definition) is 5. The average molecular weight is 285 g/mol. The van der Waals surface area contributed by atoms with E-state index < -0.39 is 0 Å². The largest absolute Gasteiger partial charge is 0.427 e. The molecule has 2 rings (SSSR count). The molecule has 0 aliphatic rings. The molecule has 0 heterocycles. The van der Waals surface area contributed by atoms with E-state index in [2.05, 4.69) is 5.32 Å². The van der Waals surface area contributed by atoms with Crippen molar-refractivity contribution in [1.29, 1.82) is 0 Å². The van der Waals surface area contributed by atoms with Gasteiger partial charge < -0.3 is 14.8 Å². The van der Waals surface area contributed by atoms with E-state index in [-0.39, 0.29) is 11.9 Å². The molecule has 5 heteroatoms. The molecule has 2 aromatic rings. The Labute approximate surface area is 122 Å². The van der Waals surface area contributed by atoms with Crippen molar-refractivity contribution in [3.63, 3.8) is 0 Å². The molecule has 108 valence electrons. The van der Waals surface area contributed by atoms with Crippen LogP contribution < -0.4 is 14.8 Å². The van der Waals surface area contributed by atoms with Crippen LogP contribution in [0.5, 0.6) is 11.5 Å². The Hall–Kier alpha value is -2.82. The lowest BCUT2D eigenvalue weighted by atomic mass is 10.2. The highest BCUT2D eigenvalue weighted by Crippen LogP contribution is 2.22. The van der Waals surface area contributed by atoms with Gasteiger partial charge in [-0.25, -0.2) is 0 Å². The highest BCUT2D eigenvalue weighted by molar-refractivity contribution is 5.70. The maximum atomic E-state index is 10.8. The van der Waals surface area contributed by atoms with Gasteiger partial charge in [0.15, 0.2) is 0 Å². The maximum Gasteiger partial charge on any atom is 0.308 e. The van der Waals surface area contributed by atoms with Gasteiger partial charge in [0.1, 0.15) is 11.5 Å². The lowest BCUT2D eigenvalue weighted by Crippen LogP contribution is -2.01. The van der Waals surface area contributed by atoms with Crippen LogP contribution in [0.2, 0.25) is 0 Å². The summed E-state index contributed by atoms with van der Waals surface area (Å²) in [6.07, 6.45) is 0. The van der Waals surface area contributed by atoms with Crippen LogP contribution in [0.1, 0.15) is 13.8 Å². The van der Waals surface area contributed by atoms with Crippen LogP contribution in [-0.2, 0) is 9.59 Å². The van der Waals surface area contributed by atoms with Crippen LogP contribution in [0.25, 0.3) is 0 Å². The number of carbonyl (C=O) groups excluding carboxylic acids is 2. The Kier molecular flexibility index (Phi) is 4.56. The van der Waals surface area contributed by atoms with Crippen molar-refractivity contribution in [3.8, 4) is 11.5 Å². The van der Waals surface area contributed by atoms with Gasteiger partial charge in [-0.05, 0) is 48.5 Å². The number of anilines is 2. The molecule has 0 radical (unpaired) electrons. The normalized spacial score (nSPS) is 9.81. The summed E-state index contributed by atoms with van der Waals surface area (Å²) in [5, 5.41) is 3.18. The zero-order valence-electron chi connectivity index (χ0n) is 11.8. The van der Waals surface area contributed by atoms with Gasteiger partial charge in [0, 0.05) is 25.2 Å². The smallest absolute Gasteiger partial charge is 0.308 e. The number of esters is 2. The molecule has 0 saturated heterocycles. The average Bonchev–Trinajstić information content (AvgIpc) is 2.42. The summed E-state index contributed by atoms with van der Waals surface area (Å²) in [5.41, 5.74) is 1.71. The minimum atomic E-state index is -0.350. The van der Waals surface area contributed by atoms with E-state index in [4.69, 9.17) is 9.47 Å². The fourth-order valence-electron chi connectivity index (χ4n) is 1.71. The summed E-state index contributed by atoms with van der Waals surface area (Å²) in [7, 11) is 0. The molecule has 0 bridgehead atoms. The minimum Gasteiger partial charge on any atom is -0.427 e. The highest BCUT2D eigenvalue weighted by Gasteiger charge is 2.01. The van der Waals surface area contributed by atoms with Gasteiger partial charge in [0.2, 0.25) is 0 Å². The first-order valence-corrected chi connectivity index (χ1v) is 6.37. The fraction of sp³-hybridized carbons (Fsp3) is 0.125. The molecule has 2 aromatic carbocycles. The Balaban J connectivity index is 2.01. The molecule has 21 heavy (non-hydrogen) atoms. The van der Waals surface area contributed by atoms with Gasteiger partial charge in [0.05, 0.1) is 0 Å². The highest BCUT2D eigenvalue weighted by atomic mass is 16.5. The molecule has 0 unspecified atom stereocenters. The Bertz CT molecular complexity index is 575. The van der Waals surface area contributed by atoms with Gasteiger partial charge in [0.25, 0.3) is 0 Å². The topological polar surface area (TPSA) is 64.6 Å². The second-order valence-electron chi connectivity index (χ2n) is 4.36. The molecule has 0 aromatic heterocycles. The summed E-state index contributed by atoms with van der Waals surface area (Å²) in [6, 6.07) is 14.0. The number of rotatable bonds is 4. The van der Waals surface area contributed by atoms with Gasteiger partial charge in [-0.3, -0.25) is 9.59 Å². The quantitative estimate of drug-likeness (QED) is 0.690. The third kappa shape index (κ3) is 4.65. The summed E-state index contributed by atoms with van der Waals surface area (Å²) in [4.78, 5) is 21.6. The van der Waals surface area contributed by atoms with Crippen molar-refractivity contribution in [3.05, 3.63) is 48.5 Å². The Morgan fingerprint density at radius 3 is 1.33 bits per heavy atom. The van der Waals surface area contributed by atoms with Gasteiger partial charge in [-0.2, -0.15) is 0 Å². The van der Waals surface area contributed by atoms with Crippen LogP contribution in [0, 0.1) is 0 Å². The third-order valence-corrected chi connectivity index (χ3v) is 2.52. The predicted octanol–water partition coefficient (Wildman–Crippen LogP) is 3.28. The molecular weight excluding hydrogens is 270 g/mol. The molecule has 0 fully saturated rings. The summed E-state index contributed by atoms with van der Waals surface area (Å²) < 4.78 is 9.91. The molecule has 0 aliphatic carbocycles. The van der Waals surface area contributed by atoms with Crippen molar-refractivity contribution in [1.82, 2.24) is 0 Å². The van der Waals surface area contributed by atoms with E-state index in [9.17, 15) is 9.59 Å². The number of carbonyl (C=O) groups is 2. The van der Waals surface area contributed by atoms with Crippen LogP contribution in [0.3, 0.4) is 0 Å². The number of hydrogen-bond donors (Lipinski definition) is 1. The van der Waals surface area contributed by atoms with Gasteiger partial charge in [-0.1, -0.05) is 0 Å². The molecule has 0 aliphatic heterocycles. The second-order valence-corrected chi connectivity index (χ2v) is 4.36. The first-order chi connectivity index (χ1) is 10.0. The monoisotopic (exact) mass is 285 g/mol. The maximum absolute atomic E-state index is 10.8. The van der Waals surface area contributed by atoms with Crippen molar-refractivity contribution in [2.75, 3.05) is 5.32 Å². The van der Waals surface area contributed by atoms with E-state index in [1.54, 1.807) is 48.5 Å². The minimum absolute atomic E-state index is 0.350. The molecule has 5 nitrogen and oxygen atoms in total. The lowest BCUT2D eigenvalue weighted by molar-refractivity contribution is -0.132. The van der Waals surface area contributed by atoms with Crippen molar-refractivity contribution >= 4 is 23.3 Å². The molecular formula is C16H15NO4. The van der Waals surface area contributed by atoms with E-state index >= 15 is 0 Å². The molecule has 0 amide bonds. The molecule has 0 atom stereocenters. The van der Waals surface area contributed by atoms with Gasteiger partial charge in [-0.15, -0.1) is 0 Å². The number of benzene rings is 2. The first kappa shape index (κ1) is 14.6. The summed E-state index contributed by atoms with van der Waals surface area (Å²) in [6.45, 7) is 2.72. The van der Waals surface area contributed by atoms with Crippen LogP contribution in [0.4, 0.5) is 11.4 Å². The molecule has 1 N–H and O–H groups in total. The van der Waals surface area contributed by atoms with E-state index in [0.717, 1.165) is 11.4 Å². The number of nitrogens with one attached hydrogen (secondary N) is 1. The molecule has 0 saturated carbocycles. The second kappa shape index (κ2) is 6.56. The van der Waals surface area contributed by atoms with Crippen molar-refractivity contribution in [2.24, 2.45) is 0 Å². The van der Waals surface area contributed by atoms with Crippen LogP contribution >= 0.6 is 0 Å². The fourth-order valence-corrected chi connectivity index (χ4v) is 1.71. The zero-order valence-corrected chi connectivity index (χ0v) is 11.8. The first-order valence-electron chi connectivity index (χ1n) is 6.37. The standard InChI is InChI=1S/C16H15NO4/c1-11(18)20-15-7-3-13(4-8-15)17-14-5-9-16(10-6-14)21-12(2)19/h3-10,17H,1-2H3. The SMILES string of the molecule is CC(=O)Oc1ccc(Nc2ccc(OC(C)=O)cc2)cc1. The van der Waals surface area contributed by atoms with E-state index in [0.29, 0.717) is 11.5 Å². The van der Waals surface area contributed by atoms with E-state index in [1.807, 2.05) is 0 Å². The summed E-state index contributed by atoms with van der Waals surface area (Å²) >= 11 is 0. The summed E-state index contributed by atoms with van der Waals surface area (Å²) in [5.74, 6) is 0.296. The van der Waals surface area contributed by atoms with Crippen molar-refractivity contribution < 1.29 is 19.1 Å². The third-order valence-electron chi connectivity index (χ3n) is 2.52.